The molecule has 124 valence electrons. The summed E-state index contributed by atoms with van der Waals surface area (Å²) in [5.41, 5.74) is 3.35. The number of benzene rings is 1. The van der Waals surface area contributed by atoms with Crippen LogP contribution in [0.1, 0.15) is 23.5 Å². The normalized spacial score (nSPS) is 14.2. The highest BCUT2D eigenvalue weighted by Gasteiger charge is 2.24. The average Bonchev–Trinajstić information content (AvgIpc) is 3.16. The van der Waals surface area contributed by atoms with Crippen molar-refractivity contribution in [3.8, 4) is 0 Å². The second-order valence-electron chi connectivity index (χ2n) is 6.17. The van der Waals surface area contributed by atoms with Gasteiger partial charge in [-0.25, -0.2) is 0 Å². The maximum Gasteiger partial charge on any atom is 0.223 e. The first-order valence-electron chi connectivity index (χ1n) is 8.02. The molecule has 6 nitrogen and oxygen atoms in total. The second kappa shape index (κ2) is 5.94. The summed E-state index contributed by atoms with van der Waals surface area (Å²) in [6, 6.07) is 5.90. The molecule has 0 spiro atoms. The predicted molar refractivity (Wildman–Crippen MR) is 91.8 cm³/mol. The van der Waals surface area contributed by atoms with Crippen LogP contribution in [0.5, 0.6) is 0 Å². The number of fused-ring (bicyclic) bond motifs is 3. The topological polar surface area (TPSA) is 66.8 Å². The Labute approximate surface area is 144 Å². The number of H-pyrrole nitrogens is 1. The molecule has 1 aliphatic rings. The van der Waals surface area contributed by atoms with Crippen LogP contribution < -0.4 is 0 Å². The first-order valence-corrected chi connectivity index (χ1v) is 8.40. The van der Waals surface area contributed by atoms with Gasteiger partial charge in [0.15, 0.2) is 0 Å². The Hall–Kier alpha value is -2.34. The number of hydrogen-bond acceptors (Lipinski definition) is 3. The molecule has 0 radical (unpaired) electrons. The number of rotatable bonds is 3. The molecule has 0 unspecified atom stereocenters. The molecular weight excluding hydrogens is 326 g/mol. The van der Waals surface area contributed by atoms with Crippen LogP contribution in [0.2, 0.25) is 5.02 Å². The minimum Gasteiger partial charge on any atom is -0.357 e. The number of aryl methyl sites for hydroxylation is 2. The molecular formula is C17H18ClN5O. The van der Waals surface area contributed by atoms with Crippen molar-refractivity contribution in [2.24, 2.45) is 7.05 Å². The lowest BCUT2D eigenvalue weighted by atomic mass is 10.0. The van der Waals surface area contributed by atoms with Gasteiger partial charge in [0.1, 0.15) is 12.2 Å². The largest absolute Gasteiger partial charge is 0.357 e. The molecule has 0 aliphatic carbocycles. The zero-order valence-corrected chi connectivity index (χ0v) is 14.2. The number of carbonyl (C=O) groups is 1. The summed E-state index contributed by atoms with van der Waals surface area (Å²) >= 11 is 6.27. The fraction of sp³-hybridized carbons (Fsp3) is 0.353. The van der Waals surface area contributed by atoms with Crippen LogP contribution in [0.3, 0.4) is 0 Å². The molecule has 0 bridgehead atoms. The van der Waals surface area contributed by atoms with Gasteiger partial charge in [-0.1, -0.05) is 23.7 Å². The number of nitrogens with one attached hydrogen (secondary N) is 1. The van der Waals surface area contributed by atoms with Gasteiger partial charge in [0.25, 0.3) is 0 Å². The fourth-order valence-corrected chi connectivity index (χ4v) is 3.55. The highest BCUT2D eigenvalue weighted by Crippen LogP contribution is 2.31. The van der Waals surface area contributed by atoms with E-state index in [9.17, 15) is 4.79 Å². The van der Waals surface area contributed by atoms with Crippen LogP contribution in [-0.2, 0) is 31.2 Å². The lowest BCUT2D eigenvalue weighted by molar-refractivity contribution is -0.132. The van der Waals surface area contributed by atoms with Crippen LogP contribution in [0, 0.1) is 0 Å². The Morgan fingerprint density at radius 1 is 1.42 bits per heavy atom. The standard InChI is InChI=1S/C17H18ClN5O/c1-22-10-19-21-15(22)5-6-16(24)23-8-7-14-12(9-23)11-3-2-4-13(18)17(11)20-14/h2-4,10,20H,5-9H2,1H3. The van der Waals surface area contributed by atoms with Gasteiger partial charge in [0, 0.05) is 56.0 Å². The Morgan fingerprint density at radius 2 is 2.29 bits per heavy atom. The lowest BCUT2D eigenvalue weighted by Crippen LogP contribution is -2.36. The monoisotopic (exact) mass is 343 g/mol. The van der Waals surface area contributed by atoms with Gasteiger partial charge >= 0.3 is 0 Å². The minimum atomic E-state index is 0.153. The van der Waals surface area contributed by atoms with Crippen molar-refractivity contribution in [3.63, 3.8) is 0 Å². The van der Waals surface area contributed by atoms with Crippen molar-refractivity contribution in [2.75, 3.05) is 6.54 Å². The molecule has 3 aromatic rings. The van der Waals surface area contributed by atoms with Crippen molar-refractivity contribution in [1.29, 1.82) is 0 Å². The molecule has 0 saturated heterocycles. The quantitative estimate of drug-likeness (QED) is 0.794. The van der Waals surface area contributed by atoms with E-state index in [4.69, 9.17) is 11.6 Å². The van der Waals surface area contributed by atoms with Gasteiger partial charge in [-0.3, -0.25) is 4.79 Å². The zero-order chi connectivity index (χ0) is 16.7. The smallest absolute Gasteiger partial charge is 0.223 e. The van der Waals surface area contributed by atoms with Crippen molar-refractivity contribution in [1.82, 2.24) is 24.6 Å². The third-order valence-electron chi connectivity index (χ3n) is 4.68. The number of aromatic nitrogens is 4. The first kappa shape index (κ1) is 15.2. The van der Waals surface area contributed by atoms with Gasteiger partial charge in [-0.15, -0.1) is 10.2 Å². The SMILES string of the molecule is Cn1cnnc1CCC(=O)N1CCc2[nH]c3c(Cl)cccc3c2C1. The summed E-state index contributed by atoms with van der Waals surface area (Å²) in [6.45, 7) is 1.36. The Morgan fingerprint density at radius 3 is 3.08 bits per heavy atom. The zero-order valence-electron chi connectivity index (χ0n) is 13.4. The van der Waals surface area contributed by atoms with Crippen molar-refractivity contribution in [3.05, 3.63) is 46.6 Å². The molecule has 1 amide bonds. The molecule has 0 atom stereocenters. The maximum atomic E-state index is 12.6. The summed E-state index contributed by atoms with van der Waals surface area (Å²) in [6.07, 6.45) is 3.54. The number of carbonyl (C=O) groups excluding carboxylic acids is 1. The number of hydrogen-bond donors (Lipinski definition) is 1. The van der Waals surface area contributed by atoms with Gasteiger partial charge in [0.05, 0.1) is 10.5 Å². The van der Waals surface area contributed by atoms with Gasteiger partial charge < -0.3 is 14.5 Å². The number of para-hydroxylation sites is 1. The summed E-state index contributed by atoms with van der Waals surface area (Å²) in [4.78, 5) is 17.9. The number of amides is 1. The maximum absolute atomic E-state index is 12.6. The van der Waals surface area contributed by atoms with Crippen LogP contribution in [0.25, 0.3) is 10.9 Å². The molecule has 2 aromatic heterocycles. The van der Waals surface area contributed by atoms with E-state index in [-0.39, 0.29) is 5.91 Å². The average molecular weight is 344 g/mol. The lowest BCUT2D eigenvalue weighted by Gasteiger charge is -2.27. The van der Waals surface area contributed by atoms with Gasteiger partial charge in [-0.05, 0) is 6.07 Å². The number of halogens is 1. The highest BCUT2D eigenvalue weighted by molar-refractivity contribution is 6.35. The summed E-state index contributed by atoms with van der Waals surface area (Å²) in [5, 5.41) is 9.72. The summed E-state index contributed by atoms with van der Waals surface area (Å²) < 4.78 is 1.85. The third kappa shape index (κ3) is 2.57. The van der Waals surface area contributed by atoms with E-state index in [1.807, 2.05) is 28.6 Å². The van der Waals surface area contributed by atoms with Crippen molar-refractivity contribution < 1.29 is 4.79 Å². The van der Waals surface area contributed by atoms with E-state index in [1.165, 1.54) is 11.3 Å². The number of nitrogens with zero attached hydrogens (tertiary/aromatic N) is 4. The second-order valence-corrected chi connectivity index (χ2v) is 6.58. The summed E-state index contributed by atoms with van der Waals surface area (Å²) in [5.74, 6) is 0.986. The third-order valence-corrected chi connectivity index (χ3v) is 4.99. The van der Waals surface area contributed by atoms with E-state index < -0.39 is 0 Å². The van der Waals surface area contributed by atoms with Crippen molar-refractivity contribution >= 4 is 28.4 Å². The highest BCUT2D eigenvalue weighted by atomic mass is 35.5. The van der Waals surface area contributed by atoms with E-state index in [1.54, 1.807) is 6.33 Å². The summed E-state index contributed by atoms with van der Waals surface area (Å²) in [7, 11) is 1.89. The van der Waals surface area contributed by atoms with E-state index in [0.29, 0.717) is 19.4 Å². The molecule has 3 heterocycles. The molecule has 0 fully saturated rings. The Kier molecular flexibility index (Phi) is 3.76. The Balaban J connectivity index is 1.51. The van der Waals surface area contributed by atoms with E-state index >= 15 is 0 Å². The van der Waals surface area contributed by atoms with Gasteiger partial charge in [-0.2, -0.15) is 0 Å². The van der Waals surface area contributed by atoms with E-state index in [2.05, 4.69) is 21.2 Å². The first-order chi connectivity index (χ1) is 11.6. The molecule has 1 N–H and O–H groups in total. The molecule has 1 aliphatic heterocycles. The number of aromatic amines is 1. The van der Waals surface area contributed by atoms with E-state index in [0.717, 1.165) is 34.7 Å². The molecule has 1 aromatic carbocycles. The Bertz CT molecular complexity index is 913. The molecule has 0 saturated carbocycles. The predicted octanol–water partition coefficient (Wildman–Crippen LogP) is 2.47. The van der Waals surface area contributed by atoms with Gasteiger partial charge in [0.2, 0.25) is 5.91 Å². The van der Waals surface area contributed by atoms with Crippen LogP contribution in [0.15, 0.2) is 24.5 Å². The minimum absolute atomic E-state index is 0.153. The fourth-order valence-electron chi connectivity index (χ4n) is 3.33. The van der Waals surface area contributed by atoms with Crippen LogP contribution in [-0.4, -0.2) is 37.1 Å². The van der Waals surface area contributed by atoms with Crippen LogP contribution >= 0.6 is 11.6 Å². The molecule has 4 rings (SSSR count). The van der Waals surface area contributed by atoms with Crippen molar-refractivity contribution in [2.45, 2.75) is 25.8 Å². The molecule has 24 heavy (non-hydrogen) atoms. The molecule has 7 heteroatoms. The van der Waals surface area contributed by atoms with Crippen LogP contribution in [0.4, 0.5) is 0 Å².